The van der Waals surface area contributed by atoms with Crippen molar-refractivity contribution in [2.75, 3.05) is 7.11 Å². The van der Waals surface area contributed by atoms with Gasteiger partial charge in [-0.2, -0.15) is 0 Å². The normalized spacial score (nSPS) is 11.8. The molecular formula is C11H10Cl2O4. The minimum atomic E-state index is -0.795. The van der Waals surface area contributed by atoms with E-state index < -0.39 is 5.97 Å². The van der Waals surface area contributed by atoms with E-state index >= 15 is 0 Å². The average molecular weight is 277 g/mol. The van der Waals surface area contributed by atoms with Crippen LogP contribution in [-0.2, 0) is 9.53 Å². The van der Waals surface area contributed by atoms with E-state index in [1.54, 1.807) is 6.07 Å². The zero-order chi connectivity index (χ0) is 13.0. The van der Waals surface area contributed by atoms with Crippen LogP contribution in [0.4, 0.5) is 0 Å². The highest BCUT2D eigenvalue weighted by Gasteiger charge is 2.17. The van der Waals surface area contributed by atoms with E-state index in [4.69, 9.17) is 27.9 Å². The van der Waals surface area contributed by atoms with Crippen LogP contribution in [0.1, 0.15) is 6.92 Å². The second-order valence-corrected chi connectivity index (χ2v) is 3.93. The van der Waals surface area contributed by atoms with Gasteiger partial charge in [0.25, 0.3) is 0 Å². The van der Waals surface area contributed by atoms with Gasteiger partial charge in [-0.15, -0.1) is 0 Å². The van der Waals surface area contributed by atoms with Gasteiger partial charge in [-0.1, -0.05) is 23.2 Å². The molecule has 6 heteroatoms. The number of allylic oxidation sites excluding steroid dienone is 1. The zero-order valence-corrected chi connectivity index (χ0v) is 10.7. The van der Waals surface area contributed by atoms with E-state index in [9.17, 15) is 9.90 Å². The zero-order valence-electron chi connectivity index (χ0n) is 9.16. The largest absolute Gasteiger partial charge is 0.508 e. The maximum absolute atomic E-state index is 11.3. The molecule has 0 saturated heterocycles. The van der Waals surface area contributed by atoms with Crippen molar-refractivity contribution in [1.82, 2.24) is 0 Å². The van der Waals surface area contributed by atoms with Gasteiger partial charge in [-0.25, -0.2) is 4.79 Å². The molecule has 1 N–H and O–H groups in total. The fourth-order valence-electron chi connectivity index (χ4n) is 1.02. The molecule has 0 radical (unpaired) electrons. The Morgan fingerprint density at radius 2 is 2.00 bits per heavy atom. The summed E-state index contributed by atoms with van der Waals surface area (Å²) in [4.78, 5) is 11.3. The van der Waals surface area contributed by atoms with Gasteiger partial charge in [0.2, 0.25) is 5.76 Å². The second-order valence-electron chi connectivity index (χ2n) is 3.08. The number of hydrogen-bond donors (Lipinski definition) is 1. The molecule has 0 heterocycles. The molecule has 0 aliphatic carbocycles. The molecule has 0 aromatic heterocycles. The predicted molar refractivity (Wildman–Crippen MR) is 64.4 cm³/mol. The first kappa shape index (κ1) is 13.7. The number of benzene rings is 1. The third-order valence-corrected chi connectivity index (χ3v) is 2.34. The van der Waals surface area contributed by atoms with Gasteiger partial charge in [0, 0.05) is 5.02 Å². The molecule has 92 valence electrons. The molecule has 0 aliphatic heterocycles. The summed E-state index contributed by atoms with van der Waals surface area (Å²) in [6.45, 7) is 1.30. The Balaban J connectivity index is 3.03. The van der Waals surface area contributed by atoms with E-state index in [1.807, 2.05) is 0 Å². The number of carbonyl (C=O) groups excluding carboxylic acids is 1. The number of esters is 1. The molecule has 0 atom stereocenters. The molecular weight excluding hydrogens is 267 g/mol. The number of hydrogen-bond acceptors (Lipinski definition) is 4. The van der Waals surface area contributed by atoms with Crippen LogP contribution < -0.4 is 4.74 Å². The quantitative estimate of drug-likeness (QED) is 0.523. The van der Waals surface area contributed by atoms with Gasteiger partial charge in [-0.05, 0) is 25.1 Å². The maximum Gasteiger partial charge on any atom is 0.377 e. The van der Waals surface area contributed by atoms with Crippen LogP contribution >= 0.6 is 23.2 Å². The van der Waals surface area contributed by atoms with Crippen LogP contribution in [0.3, 0.4) is 0 Å². The summed E-state index contributed by atoms with van der Waals surface area (Å²) in [6, 6.07) is 4.49. The number of aliphatic hydroxyl groups excluding tert-OH is 1. The number of halogens is 2. The molecule has 0 saturated carbocycles. The standard InChI is InChI=1S/C11H10Cl2O4/c1-6(14)10(11(15)16-2)17-9-4-3-7(12)5-8(9)13/h3-5,14H,1-2H3. The highest BCUT2D eigenvalue weighted by molar-refractivity contribution is 6.35. The van der Waals surface area contributed by atoms with Crippen LogP contribution in [-0.4, -0.2) is 18.2 Å². The van der Waals surface area contributed by atoms with Crippen molar-refractivity contribution in [2.24, 2.45) is 0 Å². The summed E-state index contributed by atoms with van der Waals surface area (Å²) in [6.07, 6.45) is 0. The summed E-state index contributed by atoms with van der Waals surface area (Å²) in [7, 11) is 1.18. The molecule has 0 fully saturated rings. The van der Waals surface area contributed by atoms with Gasteiger partial charge in [0.1, 0.15) is 11.5 Å². The van der Waals surface area contributed by atoms with Crippen molar-refractivity contribution in [3.05, 3.63) is 39.8 Å². The topological polar surface area (TPSA) is 55.8 Å². The smallest absolute Gasteiger partial charge is 0.377 e. The van der Waals surface area contributed by atoms with Gasteiger partial charge < -0.3 is 14.6 Å². The Hall–Kier alpha value is -1.39. The summed E-state index contributed by atoms with van der Waals surface area (Å²) >= 11 is 11.6. The molecule has 1 aromatic rings. The van der Waals surface area contributed by atoms with Crippen LogP contribution in [0, 0.1) is 0 Å². The summed E-state index contributed by atoms with van der Waals surface area (Å²) < 4.78 is 9.64. The molecule has 0 spiro atoms. The highest BCUT2D eigenvalue weighted by Crippen LogP contribution is 2.29. The predicted octanol–water partition coefficient (Wildman–Crippen LogP) is 3.33. The van der Waals surface area contributed by atoms with Crippen molar-refractivity contribution >= 4 is 29.2 Å². The molecule has 0 unspecified atom stereocenters. The summed E-state index contributed by atoms with van der Waals surface area (Å²) in [5.74, 6) is -1.22. The maximum atomic E-state index is 11.3. The lowest BCUT2D eigenvalue weighted by atomic mass is 10.3. The first-order chi connectivity index (χ1) is 7.95. The SMILES string of the molecule is COC(=O)C(Oc1ccc(Cl)cc1Cl)=C(C)O. The highest BCUT2D eigenvalue weighted by atomic mass is 35.5. The van der Waals surface area contributed by atoms with Crippen molar-refractivity contribution in [3.63, 3.8) is 0 Å². The lowest BCUT2D eigenvalue weighted by Gasteiger charge is -2.10. The van der Waals surface area contributed by atoms with Crippen LogP contribution in [0.25, 0.3) is 0 Å². The number of ether oxygens (including phenoxy) is 2. The lowest BCUT2D eigenvalue weighted by molar-refractivity contribution is -0.138. The van der Waals surface area contributed by atoms with E-state index in [-0.39, 0.29) is 22.3 Å². The molecule has 1 rings (SSSR count). The number of methoxy groups -OCH3 is 1. The molecule has 1 aromatic carbocycles. The second kappa shape index (κ2) is 5.80. The Bertz CT molecular complexity index is 465. The first-order valence-corrected chi connectivity index (χ1v) is 5.32. The van der Waals surface area contributed by atoms with Gasteiger partial charge >= 0.3 is 5.97 Å². The van der Waals surface area contributed by atoms with Crippen molar-refractivity contribution in [2.45, 2.75) is 6.92 Å². The van der Waals surface area contributed by atoms with Crippen molar-refractivity contribution < 1.29 is 19.4 Å². The van der Waals surface area contributed by atoms with E-state index in [0.29, 0.717) is 5.02 Å². The number of aliphatic hydroxyl groups is 1. The Morgan fingerprint density at radius 1 is 1.35 bits per heavy atom. The summed E-state index contributed by atoms with van der Waals surface area (Å²) in [5.41, 5.74) is 0. The third kappa shape index (κ3) is 3.54. The van der Waals surface area contributed by atoms with Crippen LogP contribution in [0.15, 0.2) is 29.7 Å². The van der Waals surface area contributed by atoms with E-state index in [2.05, 4.69) is 4.74 Å². The Labute approximate surface area is 108 Å². The Morgan fingerprint density at radius 3 is 2.47 bits per heavy atom. The van der Waals surface area contributed by atoms with Gasteiger partial charge in [0.15, 0.2) is 0 Å². The minimum absolute atomic E-state index is 0.199. The number of carbonyl (C=O) groups is 1. The Kier molecular flexibility index (Phi) is 4.66. The molecule has 4 nitrogen and oxygen atoms in total. The number of rotatable bonds is 3. The van der Waals surface area contributed by atoms with E-state index in [1.165, 1.54) is 26.2 Å². The molecule has 17 heavy (non-hydrogen) atoms. The van der Waals surface area contributed by atoms with Gasteiger partial charge in [0.05, 0.1) is 12.1 Å². The van der Waals surface area contributed by atoms with Crippen LogP contribution in [0.2, 0.25) is 10.0 Å². The molecule has 0 amide bonds. The van der Waals surface area contributed by atoms with Gasteiger partial charge in [-0.3, -0.25) is 0 Å². The van der Waals surface area contributed by atoms with Crippen molar-refractivity contribution in [1.29, 1.82) is 0 Å². The lowest BCUT2D eigenvalue weighted by Crippen LogP contribution is -2.13. The average Bonchev–Trinajstić information content (AvgIpc) is 2.26. The molecule has 0 aliphatic rings. The third-order valence-electron chi connectivity index (χ3n) is 1.81. The minimum Gasteiger partial charge on any atom is -0.508 e. The van der Waals surface area contributed by atoms with Crippen LogP contribution in [0.5, 0.6) is 5.75 Å². The molecule has 0 bridgehead atoms. The monoisotopic (exact) mass is 276 g/mol. The first-order valence-electron chi connectivity index (χ1n) is 4.56. The fraction of sp³-hybridized carbons (Fsp3) is 0.182. The van der Waals surface area contributed by atoms with Crippen molar-refractivity contribution in [3.8, 4) is 5.75 Å². The summed E-state index contributed by atoms with van der Waals surface area (Å²) in [5, 5.41) is 9.96. The van der Waals surface area contributed by atoms with E-state index in [0.717, 1.165) is 0 Å². The fourth-order valence-corrected chi connectivity index (χ4v) is 1.47.